The Bertz CT molecular complexity index is 122. The van der Waals surface area contributed by atoms with E-state index in [1.54, 1.807) is 0 Å². The van der Waals surface area contributed by atoms with Crippen molar-refractivity contribution >= 4 is 0 Å². The van der Waals surface area contributed by atoms with Crippen molar-refractivity contribution < 1.29 is 0 Å². The van der Waals surface area contributed by atoms with Crippen LogP contribution in [0.3, 0.4) is 0 Å². The van der Waals surface area contributed by atoms with Crippen molar-refractivity contribution in [2.75, 3.05) is 0 Å². The quantitative estimate of drug-likeness (QED) is 0.463. The average Bonchev–Trinajstić information content (AvgIpc) is 2.08. The predicted octanol–water partition coefficient (Wildman–Crippen LogP) is 3.33. The lowest BCUT2D eigenvalue weighted by atomic mass is 10.1. The van der Waals surface area contributed by atoms with Crippen LogP contribution in [-0.4, -0.2) is 0 Å². The molecule has 0 aromatic heterocycles. The van der Waals surface area contributed by atoms with E-state index in [1.165, 1.54) is 44.9 Å². The fraction of sp³-hybridized carbons (Fsp3) is 0.727. The minimum atomic E-state index is 1.11. The molecule has 1 radical (unpaired) electrons. The van der Waals surface area contributed by atoms with Crippen molar-refractivity contribution in [2.24, 2.45) is 0 Å². The van der Waals surface area contributed by atoms with Gasteiger partial charge in [0.25, 0.3) is 0 Å². The molecular weight excluding hydrogens is 132 g/mol. The van der Waals surface area contributed by atoms with Crippen LogP contribution < -0.4 is 0 Å². The largest absolute Gasteiger partial charge is 0.103 e. The molecule has 0 amide bonds. The molecule has 0 nitrogen and oxygen atoms in total. The predicted molar refractivity (Wildman–Crippen MR) is 49.0 cm³/mol. The van der Waals surface area contributed by atoms with E-state index in [-0.39, 0.29) is 0 Å². The van der Waals surface area contributed by atoms with Gasteiger partial charge in [-0.05, 0) is 12.8 Å². The van der Waals surface area contributed by atoms with Crippen LogP contribution in [0.5, 0.6) is 0 Å². The summed E-state index contributed by atoms with van der Waals surface area (Å²) in [5, 5.41) is 0. The second kappa shape index (κ2) is 6.28. The number of hydrogen-bond acceptors (Lipinski definition) is 0. The van der Waals surface area contributed by atoms with Crippen LogP contribution in [0.15, 0.2) is 0 Å². The van der Waals surface area contributed by atoms with E-state index in [9.17, 15) is 0 Å². The zero-order valence-corrected chi connectivity index (χ0v) is 7.23. The highest BCUT2D eigenvalue weighted by atomic mass is 14.0. The fourth-order valence-electron chi connectivity index (χ4n) is 1.38. The lowest BCUT2D eigenvalue weighted by Crippen LogP contribution is -1.78. The van der Waals surface area contributed by atoms with Gasteiger partial charge in [0.05, 0.1) is 0 Å². The summed E-state index contributed by atoms with van der Waals surface area (Å²) >= 11 is 0. The Labute approximate surface area is 70.4 Å². The van der Waals surface area contributed by atoms with E-state index in [2.05, 4.69) is 18.3 Å². The van der Waals surface area contributed by atoms with Crippen molar-refractivity contribution in [3.8, 4) is 11.8 Å². The molecule has 0 heterocycles. The monoisotopic (exact) mass is 149 g/mol. The molecule has 0 aromatic rings. The molecule has 0 saturated heterocycles. The third-order valence-corrected chi connectivity index (χ3v) is 2.10. The Morgan fingerprint density at radius 2 is 1.55 bits per heavy atom. The Hall–Kier alpha value is -0.440. The Morgan fingerprint density at radius 3 is 2.45 bits per heavy atom. The van der Waals surface area contributed by atoms with E-state index in [0.717, 1.165) is 6.42 Å². The van der Waals surface area contributed by atoms with Gasteiger partial charge < -0.3 is 0 Å². The zero-order valence-electron chi connectivity index (χ0n) is 7.23. The highest BCUT2D eigenvalue weighted by Gasteiger charge is 1.92. The second-order valence-corrected chi connectivity index (χ2v) is 3.19. The smallest absolute Gasteiger partial charge is 0.0340 e. The highest BCUT2D eigenvalue weighted by Crippen LogP contribution is 2.09. The summed E-state index contributed by atoms with van der Waals surface area (Å²) in [7, 11) is 0. The molecule has 1 aliphatic rings. The molecule has 0 heteroatoms. The minimum absolute atomic E-state index is 1.11. The van der Waals surface area contributed by atoms with Crippen molar-refractivity contribution in [1.29, 1.82) is 0 Å². The molecule has 1 aliphatic carbocycles. The van der Waals surface area contributed by atoms with Gasteiger partial charge in [-0.3, -0.25) is 0 Å². The standard InChI is InChI=1S/C11H17/c1-2-4-6-8-10-11-9-7-5-3-1/h1H,2,4,6-11H2. The van der Waals surface area contributed by atoms with Crippen molar-refractivity contribution in [2.45, 2.75) is 51.4 Å². The first-order valence-electron chi connectivity index (χ1n) is 4.80. The molecule has 0 N–H and O–H groups in total. The first-order valence-corrected chi connectivity index (χ1v) is 4.80. The van der Waals surface area contributed by atoms with Gasteiger partial charge in [0.2, 0.25) is 0 Å². The van der Waals surface area contributed by atoms with Gasteiger partial charge in [0, 0.05) is 12.8 Å². The van der Waals surface area contributed by atoms with Gasteiger partial charge >= 0.3 is 0 Å². The maximum atomic E-state index is 3.18. The number of hydrogen-bond donors (Lipinski definition) is 0. The molecule has 0 saturated carbocycles. The van der Waals surface area contributed by atoms with E-state index >= 15 is 0 Å². The average molecular weight is 149 g/mol. The molecule has 0 aliphatic heterocycles. The van der Waals surface area contributed by atoms with E-state index in [0.29, 0.717) is 0 Å². The van der Waals surface area contributed by atoms with Gasteiger partial charge in [-0.2, -0.15) is 0 Å². The number of rotatable bonds is 0. The Morgan fingerprint density at radius 1 is 0.818 bits per heavy atom. The summed E-state index contributed by atoms with van der Waals surface area (Å²) in [6.07, 6.45) is 12.7. The van der Waals surface area contributed by atoms with E-state index < -0.39 is 0 Å². The van der Waals surface area contributed by atoms with Gasteiger partial charge in [-0.1, -0.05) is 38.0 Å². The van der Waals surface area contributed by atoms with E-state index in [1.807, 2.05) is 0 Å². The van der Waals surface area contributed by atoms with Crippen LogP contribution in [-0.2, 0) is 0 Å². The third-order valence-electron chi connectivity index (χ3n) is 2.10. The molecule has 61 valence electrons. The molecule has 0 unspecified atom stereocenters. The van der Waals surface area contributed by atoms with Crippen LogP contribution in [0, 0.1) is 18.3 Å². The first-order chi connectivity index (χ1) is 5.50. The van der Waals surface area contributed by atoms with Crippen molar-refractivity contribution in [3.63, 3.8) is 0 Å². The second-order valence-electron chi connectivity index (χ2n) is 3.19. The third kappa shape index (κ3) is 4.90. The lowest BCUT2D eigenvalue weighted by Gasteiger charge is -1.97. The van der Waals surface area contributed by atoms with Gasteiger partial charge in [-0.25, -0.2) is 0 Å². The zero-order chi connectivity index (χ0) is 7.78. The molecule has 0 aromatic carbocycles. The van der Waals surface area contributed by atoms with Crippen LogP contribution in [0.1, 0.15) is 51.4 Å². The molecule has 0 bridgehead atoms. The fourth-order valence-corrected chi connectivity index (χ4v) is 1.38. The summed E-state index contributed by atoms with van der Waals surface area (Å²) in [4.78, 5) is 0. The first kappa shape index (κ1) is 8.65. The van der Waals surface area contributed by atoms with E-state index in [4.69, 9.17) is 0 Å². The Kier molecular flexibility index (Phi) is 4.94. The minimum Gasteiger partial charge on any atom is -0.103 e. The molecule has 0 spiro atoms. The summed E-state index contributed by atoms with van der Waals surface area (Å²) in [5.41, 5.74) is 0. The van der Waals surface area contributed by atoms with Crippen molar-refractivity contribution in [3.05, 3.63) is 6.42 Å². The summed E-state index contributed by atoms with van der Waals surface area (Å²) < 4.78 is 0. The topological polar surface area (TPSA) is 0 Å². The highest BCUT2D eigenvalue weighted by molar-refractivity contribution is 5.09. The van der Waals surface area contributed by atoms with Gasteiger partial charge in [0.15, 0.2) is 0 Å². The van der Waals surface area contributed by atoms with Gasteiger partial charge in [-0.15, -0.1) is 5.92 Å². The van der Waals surface area contributed by atoms with Crippen LogP contribution in [0.2, 0.25) is 0 Å². The van der Waals surface area contributed by atoms with Crippen LogP contribution in [0.25, 0.3) is 0 Å². The van der Waals surface area contributed by atoms with Crippen LogP contribution in [0.4, 0.5) is 0 Å². The maximum absolute atomic E-state index is 3.18. The summed E-state index contributed by atoms with van der Waals surface area (Å²) in [6, 6.07) is 0. The normalized spacial score (nSPS) is 21.1. The van der Waals surface area contributed by atoms with Crippen molar-refractivity contribution in [1.82, 2.24) is 0 Å². The molecule has 1 rings (SSSR count). The van der Waals surface area contributed by atoms with Gasteiger partial charge in [0.1, 0.15) is 0 Å². The summed E-state index contributed by atoms with van der Waals surface area (Å²) in [5.74, 6) is 6.28. The molecular formula is C11H17. The SMILES string of the molecule is C1#CCCCCCCCC[CH]1. The molecule has 0 atom stereocenters. The molecule has 0 fully saturated rings. The maximum Gasteiger partial charge on any atom is 0.0340 e. The molecule has 11 heavy (non-hydrogen) atoms. The Balaban J connectivity index is 2.15. The van der Waals surface area contributed by atoms with Crippen LogP contribution >= 0.6 is 0 Å². The summed E-state index contributed by atoms with van der Waals surface area (Å²) in [6.45, 7) is 0. The lowest BCUT2D eigenvalue weighted by molar-refractivity contribution is 0.601.